The molecule has 23 heavy (non-hydrogen) atoms. The number of nitrogens with zero attached hydrogens (tertiary/aromatic N) is 1. The molecule has 0 saturated carbocycles. The van der Waals surface area contributed by atoms with Crippen LogP contribution in [0.4, 0.5) is 0 Å². The van der Waals surface area contributed by atoms with Gasteiger partial charge in [-0.25, -0.2) is 0 Å². The Kier molecular flexibility index (Phi) is 5.22. The summed E-state index contributed by atoms with van der Waals surface area (Å²) >= 11 is 5.85. The molecule has 0 aliphatic heterocycles. The van der Waals surface area contributed by atoms with Crippen LogP contribution in [0, 0.1) is 0 Å². The first-order valence-corrected chi connectivity index (χ1v) is 7.82. The molecule has 1 amide bonds. The molecule has 0 radical (unpaired) electrons. The molecule has 3 nitrogen and oxygen atoms in total. The van der Waals surface area contributed by atoms with E-state index in [-0.39, 0.29) is 18.2 Å². The zero-order chi connectivity index (χ0) is 17.0. The topological polar surface area (TPSA) is 37.4 Å². The van der Waals surface area contributed by atoms with Crippen LogP contribution < -0.4 is 0 Å². The third kappa shape index (κ3) is 4.42. The van der Waals surface area contributed by atoms with Gasteiger partial charge >= 0.3 is 0 Å². The Morgan fingerprint density at radius 3 is 2.00 bits per heavy atom. The first-order chi connectivity index (χ1) is 10.8. The fraction of sp³-hybridized carbons (Fsp3) is 0.263. The molecule has 2 aromatic carbocycles. The number of rotatable bonds is 4. The van der Waals surface area contributed by atoms with E-state index >= 15 is 0 Å². The van der Waals surface area contributed by atoms with Crippen LogP contribution in [0.15, 0.2) is 54.6 Å². The fourth-order valence-corrected chi connectivity index (χ4v) is 2.35. The largest absolute Gasteiger partial charge is 0.326 e. The van der Waals surface area contributed by atoms with Crippen LogP contribution in [-0.4, -0.2) is 28.7 Å². The molecule has 2 rings (SSSR count). The summed E-state index contributed by atoms with van der Waals surface area (Å²) < 4.78 is 0. The van der Waals surface area contributed by atoms with Crippen LogP contribution in [0.3, 0.4) is 0 Å². The molecule has 0 N–H and O–H groups in total. The highest BCUT2D eigenvalue weighted by Crippen LogP contribution is 2.19. The highest BCUT2D eigenvalue weighted by Gasteiger charge is 2.29. The van der Waals surface area contributed by atoms with Gasteiger partial charge in [-0.3, -0.25) is 9.59 Å². The maximum atomic E-state index is 12.8. The number of carbonyl (C=O) groups is 2. The highest BCUT2D eigenvalue weighted by molar-refractivity contribution is 6.30. The van der Waals surface area contributed by atoms with Gasteiger partial charge in [0.2, 0.25) is 0 Å². The summed E-state index contributed by atoms with van der Waals surface area (Å²) in [5, 5.41) is 0.578. The van der Waals surface area contributed by atoms with Crippen molar-refractivity contribution in [2.75, 3.05) is 6.54 Å². The van der Waals surface area contributed by atoms with E-state index in [0.717, 1.165) is 0 Å². The molecule has 0 fully saturated rings. The number of Topliss-reactive ketones (excluding diaryl/α,β-unsaturated/α-hetero) is 1. The lowest BCUT2D eigenvalue weighted by atomic mass is 10.0. The lowest BCUT2D eigenvalue weighted by Gasteiger charge is -2.35. The van der Waals surface area contributed by atoms with Gasteiger partial charge in [0.25, 0.3) is 5.91 Å². The predicted octanol–water partition coefficient (Wildman–Crippen LogP) is 4.46. The van der Waals surface area contributed by atoms with Crippen molar-refractivity contribution in [2.24, 2.45) is 0 Å². The number of benzene rings is 2. The number of carbonyl (C=O) groups excluding carboxylic acids is 2. The standard InChI is InChI=1S/C19H20ClNO2/c1-19(2,3)21(18(23)15-7-5-4-6-8-15)13-17(22)14-9-11-16(20)12-10-14/h4-12H,13H2,1-3H3. The molecule has 0 spiro atoms. The molecule has 0 atom stereocenters. The van der Waals surface area contributed by atoms with Crippen molar-refractivity contribution in [3.05, 3.63) is 70.7 Å². The van der Waals surface area contributed by atoms with Gasteiger partial charge in [0.05, 0.1) is 6.54 Å². The normalized spacial score (nSPS) is 11.1. The number of amides is 1. The quantitative estimate of drug-likeness (QED) is 0.776. The van der Waals surface area contributed by atoms with Gasteiger partial charge in [0.1, 0.15) is 0 Å². The first-order valence-electron chi connectivity index (χ1n) is 7.45. The van der Waals surface area contributed by atoms with Crippen molar-refractivity contribution < 1.29 is 9.59 Å². The highest BCUT2D eigenvalue weighted by atomic mass is 35.5. The Morgan fingerprint density at radius 2 is 1.48 bits per heavy atom. The van der Waals surface area contributed by atoms with Gasteiger partial charge < -0.3 is 4.90 Å². The Balaban J connectivity index is 2.24. The predicted molar refractivity (Wildman–Crippen MR) is 93.0 cm³/mol. The summed E-state index contributed by atoms with van der Waals surface area (Å²) in [6.07, 6.45) is 0. The molecule has 0 unspecified atom stereocenters. The summed E-state index contributed by atoms with van der Waals surface area (Å²) in [6, 6.07) is 15.7. The molecule has 0 bridgehead atoms. The third-order valence-electron chi connectivity index (χ3n) is 3.54. The number of ketones is 1. The SMILES string of the molecule is CC(C)(C)N(CC(=O)c1ccc(Cl)cc1)C(=O)c1ccccc1. The van der Waals surface area contributed by atoms with E-state index in [2.05, 4.69) is 0 Å². The lowest BCUT2D eigenvalue weighted by molar-refractivity contribution is 0.0547. The Labute approximate surface area is 141 Å². The van der Waals surface area contributed by atoms with Crippen molar-refractivity contribution >= 4 is 23.3 Å². The zero-order valence-electron chi connectivity index (χ0n) is 13.5. The van der Waals surface area contributed by atoms with Crippen molar-refractivity contribution in [1.29, 1.82) is 0 Å². The van der Waals surface area contributed by atoms with Crippen molar-refractivity contribution in [3.63, 3.8) is 0 Å². The van der Waals surface area contributed by atoms with E-state index in [1.54, 1.807) is 41.3 Å². The van der Waals surface area contributed by atoms with Gasteiger partial charge in [0, 0.05) is 21.7 Å². The minimum Gasteiger partial charge on any atom is -0.326 e. The Bertz CT molecular complexity index is 688. The van der Waals surface area contributed by atoms with E-state index in [1.807, 2.05) is 39.0 Å². The molecule has 120 valence electrons. The van der Waals surface area contributed by atoms with Crippen LogP contribution in [0.2, 0.25) is 5.02 Å². The number of halogens is 1. The maximum Gasteiger partial charge on any atom is 0.254 e. The summed E-state index contributed by atoms with van der Waals surface area (Å²) in [5.74, 6) is -0.263. The molecule has 2 aromatic rings. The molecule has 4 heteroatoms. The number of hydrogen-bond donors (Lipinski definition) is 0. The Hall–Kier alpha value is -2.13. The van der Waals surface area contributed by atoms with E-state index < -0.39 is 5.54 Å². The van der Waals surface area contributed by atoms with E-state index in [0.29, 0.717) is 16.1 Å². The summed E-state index contributed by atoms with van der Waals surface area (Å²) in [4.78, 5) is 26.9. The summed E-state index contributed by atoms with van der Waals surface area (Å²) in [6.45, 7) is 5.79. The van der Waals surface area contributed by atoms with Crippen molar-refractivity contribution in [1.82, 2.24) is 4.90 Å². The zero-order valence-corrected chi connectivity index (χ0v) is 14.3. The van der Waals surface area contributed by atoms with Crippen LogP contribution in [0.1, 0.15) is 41.5 Å². The van der Waals surface area contributed by atoms with Gasteiger partial charge in [-0.15, -0.1) is 0 Å². The monoisotopic (exact) mass is 329 g/mol. The smallest absolute Gasteiger partial charge is 0.254 e. The minimum absolute atomic E-state index is 0.0266. The van der Waals surface area contributed by atoms with Gasteiger partial charge in [0.15, 0.2) is 5.78 Å². The first kappa shape index (κ1) is 17.2. The van der Waals surface area contributed by atoms with E-state index in [1.165, 1.54) is 0 Å². The average Bonchev–Trinajstić information content (AvgIpc) is 2.52. The van der Waals surface area contributed by atoms with Gasteiger partial charge in [-0.1, -0.05) is 29.8 Å². The number of hydrogen-bond acceptors (Lipinski definition) is 2. The molecule has 0 saturated heterocycles. The lowest BCUT2D eigenvalue weighted by Crippen LogP contribution is -2.48. The minimum atomic E-state index is -0.463. The second-order valence-electron chi connectivity index (χ2n) is 6.36. The third-order valence-corrected chi connectivity index (χ3v) is 3.80. The van der Waals surface area contributed by atoms with Crippen molar-refractivity contribution in [2.45, 2.75) is 26.3 Å². The van der Waals surface area contributed by atoms with Crippen LogP contribution in [0.5, 0.6) is 0 Å². The van der Waals surface area contributed by atoms with Gasteiger partial charge in [-0.2, -0.15) is 0 Å². The van der Waals surface area contributed by atoms with E-state index in [4.69, 9.17) is 11.6 Å². The van der Waals surface area contributed by atoms with Gasteiger partial charge in [-0.05, 0) is 57.2 Å². The van der Waals surface area contributed by atoms with Crippen LogP contribution in [0.25, 0.3) is 0 Å². The average molecular weight is 330 g/mol. The van der Waals surface area contributed by atoms with E-state index in [9.17, 15) is 9.59 Å². The molecular weight excluding hydrogens is 310 g/mol. The molecule has 0 aromatic heterocycles. The molecule has 0 heterocycles. The van der Waals surface area contributed by atoms with Crippen molar-refractivity contribution in [3.8, 4) is 0 Å². The fourth-order valence-electron chi connectivity index (χ4n) is 2.22. The molecular formula is C19H20ClNO2. The van der Waals surface area contributed by atoms with Crippen LogP contribution >= 0.6 is 11.6 Å². The Morgan fingerprint density at radius 1 is 0.913 bits per heavy atom. The second-order valence-corrected chi connectivity index (χ2v) is 6.79. The molecule has 0 aliphatic rings. The second kappa shape index (κ2) is 6.97. The summed E-state index contributed by atoms with van der Waals surface area (Å²) in [7, 11) is 0. The summed E-state index contributed by atoms with van der Waals surface area (Å²) in [5.41, 5.74) is 0.658. The maximum absolute atomic E-state index is 12.8. The van der Waals surface area contributed by atoms with Crippen LogP contribution in [-0.2, 0) is 0 Å². The molecule has 0 aliphatic carbocycles.